The van der Waals surface area contributed by atoms with Crippen LogP contribution in [-0.2, 0) is 17.8 Å². The van der Waals surface area contributed by atoms with Gasteiger partial charge < -0.3 is 23.9 Å². The number of hydrogen-bond donors (Lipinski definition) is 1. The molecule has 0 amide bonds. The summed E-state index contributed by atoms with van der Waals surface area (Å²) in [5, 5.41) is 11.7. The quantitative estimate of drug-likeness (QED) is 0.532. The number of imidazole rings is 1. The number of β-amino-alcohol motifs (C(OH)–C–C–N with tert-alkyl or cyclic N) is 1. The highest BCUT2D eigenvalue weighted by molar-refractivity contribution is 6.30. The molecule has 3 aromatic rings. The average Bonchev–Trinajstić information content (AvgIpc) is 3.22. The number of hydrogen-bond acceptors (Lipinski definition) is 6. The Bertz CT molecular complexity index is 985. The first-order chi connectivity index (χ1) is 15.6. The minimum Gasteiger partial charge on any atom is -0.492 e. The van der Waals surface area contributed by atoms with Gasteiger partial charge in [0.2, 0.25) is 0 Å². The lowest BCUT2D eigenvalue weighted by Crippen LogP contribution is -2.48. The van der Waals surface area contributed by atoms with E-state index in [1.54, 1.807) is 24.7 Å². The van der Waals surface area contributed by atoms with Crippen molar-refractivity contribution < 1.29 is 19.3 Å². The Morgan fingerprint density at radius 3 is 2.78 bits per heavy atom. The van der Waals surface area contributed by atoms with Crippen LogP contribution >= 0.6 is 11.6 Å². The highest BCUT2D eigenvalue weighted by Crippen LogP contribution is 2.22. The lowest BCUT2D eigenvalue weighted by Gasteiger charge is -2.30. The minimum absolute atomic E-state index is 0.126. The smallest absolute Gasteiger partial charge is 0.134 e. The molecule has 2 heterocycles. The van der Waals surface area contributed by atoms with Crippen molar-refractivity contribution >= 4 is 11.6 Å². The number of halogens is 1. The van der Waals surface area contributed by atoms with E-state index in [0.29, 0.717) is 37.1 Å². The summed E-state index contributed by atoms with van der Waals surface area (Å²) in [6.07, 6.45) is 5.45. The fourth-order valence-corrected chi connectivity index (χ4v) is 3.85. The molecule has 0 unspecified atom stereocenters. The van der Waals surface area contributed by atoms with Gasteiger partial charge in [0.25, 0.3) is 0 Å². The summed E-state index contributed by atoms with van der Waals surface area (Å²) in [7, 11) is 0. The third kappa shape index (κ3) is 6.71. The summed E-state index contributed by atoms with van der Waals surface area (Å²) in [6.45, 7) is 4.07. The molecule has 0 saturated carbocycles. The second-order valence-corrected chi connectivity index (χ2v) is 8.47. The first-order valence-corrected chi connectivity index (χ1v) is 11.0. The van der Waals surface area contributed by atoms with E-state index in [1.807, 2.05) is 41.1 Å². The Labute approximate surface area is 193 Å². The predicted octanol–water partition coefficient (Wildman–Crippen LogP) is 3.26. The monoisotopic (exact) mass is 457 g/mol. The molecule has 32 heavy (non-hydrogen) atoms. The molecule has 4 rings (SSSR count). The molecule has 1 aromatic heterocycles. The Morgan fingerprint density at radius 1 is 1.12 bits per heavy atom. The number of rotatable bonds is 9. The molecule has 0 radical (unpaired) electrons. The molecule has 7 nitrogen and oxygen atoms in total. The molecule has 1 N–H and O–H groups in total. The Kier molecular flexibility index (Phi) is 7.65. The van der Waals surface area contributed by atoms with Crippen LogP contribution < -0.4 is 9.47 Å². The maximum atomic E-state index is 11.1. The molecule has 0 bridgehead atoms. The van der Waals surface area contributed by atoms with Crippen LogP contribution in [0, 0.1) is 0 Å². The number of aliphatic hydroxyl groups is 1. The summed E-state index contributed by atoms with van der Waals surface area (Å²) >= 11 is 6.02. The largest absolute Gasteiger partial charge is 0.492 e. The van der Waals surface area contributed by atoms with Crippen LogP contribution in [0.15, 0.2) is 67.3 Å². The number of aromatic nitrogens is 2. The van der Waals surface area contributed by atoms with Gasteiger partial charge in [-0.15, -0.1) is 0 Å². The maximum Gasteiger partial charge on any atom is 0.134 e. The van der Waals surface area contributed by atoms with Crippen molar-refractivity contribution in [1.82, 2.24) is 14.5 Å². The van der Waals surface area contributed by atoms with Gasteiger partial charge in [-0.25, -0.2) is 4.98 Å². The first kappa shape index (κ1) is 22.6. The molecule has 8 heteroatoms. The van der Waals surface area contributed by atoms with Gasteiger partial charge in [0.15, 0.2) is 0 Å². The van der Waals surface area contributed by atoms with Crippen molar-refractivity contribution in [3.05, 3.63) is 77.8 Å². The third-order valence-corrected chi connectivity index (χ3v) is 5.46. The van der Waals surface area contributed by atoms with Crippen molar-refractivity contribution in [2.24, 2.45) is 0 Å². The first-order valence-electron chi connectivity index (χ1n) is 10.7. The van der Waals surface area contributed by atoms with E-state index in [-0.39, 0.29) is 13.2 Å². The van der Waals surface area contributed by atoms with E-state index < -0.39 is 5.60 Å². The fourth-order valence-electron chi connectivity index (χ4n) is 3.67. The summed E-state index contributed by atoms with van der Waals surface area (Å²) in [5.41, 5.74) is 0.00250. The summed E-state index contributed by atoms with van der Waals surface area (Å²) < 4.78 is 19.4. The van der Waals surface area contributed by atoms with Gasteiger partial charge in [-0.3, -0.25) is 4.90 Å². The van der Waals surface area contributed by atoms with Crippen LogP contribution in [-0.4, -0.2) is 64.7 Å². The fraction of sp³-hybridized carbons (Fsp3) is 0.375. The average molecular weight is 458 g/mol. The minimum atomic E-state index is -1.11. The zero-order chi connectivity index (χ0) is 22.2. The molecular weight excluding hydrogens is 430 g/mol. The Balaban J connectivity index is 1.32. The van der Waals surface area contributed by atoms with Crippen LogP contribution in [0.4, 0.5) is 0 Å². The topological polar surface area (TPSA) is 69.0 Å². The van der Waals surface area contributed by atoms with E-state index in [9.17, 15) is 5.11 Å². The molecule has 1 saturated heterocycles. The van der Waals surface area contributed by atoms with Crippen molar-refractivity contribution in [2.45, 2.75) is 18.7 Å². The van der Waals surface area contributed by atoms with E-state index in [2.05, 4.69) is 16.0 Å². The second kappa shape index (κ2) is 10.8. The molecule has 170 valence electrons. The van der Waals surface area contributed by atoms with Gasteiger partial charge in [-0.1, -0.05) is 29.8 Å². The van der Waals surface area contributed by atoms with E-state index in [0.717, 1.165) is 24.4 Å². The van der Waals surface area contributed by atoms with Gasteiger partial charge in [0.1, 0.15) is 30.3 Å². The summed E-state index contributed by atoms with van der Waals surface area (Å²) in [4.78, 5) is 6.22. The van der Waals surface area contributed by atoms with E-state index >= 15 is 0 Å². The molecule has 1 fully saturated rings. The number of benzene rings is 2. The second-order valence-electron chi connectivity index (χ2n) is 8.03. The van der Waals surface area contributed by atoms with Gasteiger partial charge >= 0.3 is 0 Å². The molecule has 0 aliphatic carbocycles. The molecular formula is C24H28ClN3O4. The van der Waals surface area contributed by atoms with Crippen molar-refractivity contribution in [3.8, 4) is 11.5 Å². The highest BCUT2D eigenvalue weighted by atomic mass is 35.5. The van der Waals surface area contributed by atoms with Gasteiger partial charge in [-0.2, -0.15) is 0 Å². The summed E-state index contributed by atoms with van der Waals surface area (Å²) in [6, 6.07) is 15.2. The molecule has 0 spiro atoms. The zero-order valence-corrected chi connectivity index (χ0v) is 18.7. The Hall–Kier alpha value is -2.58. The number of nitrogens with zero attached hydrogens (tertiary/aromatic N) is 3. The van der Waals surface area contributed by atoms with E-state index in [4.69, 9.17) is 25.8 Å². The van der Waals surface area contributed by atoms with Crippen molar-refractivity contribution in [1.29, 1.82) is 0 Å². The van der Waals surface area contributed by atoms with Crippen LogP contribution in [0.3, 0.4) is 0 Å². The van der Waals surface area contributed by atoms with Crippen LogP contribution in [0.2, 0.25) is 5.02 Å². The van der Waals surface area contributed by atoms with Gasteiger partial charge in [0, 0.05) is 37.1 Å². The normalized spacial score (nSPS) is 19.4. The SMILES string of the molecule is O[C@@]1(COc2cccc(Cl)c2)COCCN(Cc2cccc(OCCn3ccnc3)c2)C1. The number of ether oxygens (including phenoxy) is 3. The van der Waals surface area contributed by atoms with Gasteiger partial charge in [-0.05, 0) is 35.9 Å². The van der Waals surface area contributed by atoms with Crippen LogP contribution in [0.25, 0.3) is 0 Å². The van der Waals surface area contributed by atoms with Crippen LogP contribution in [0.5, 0.6) is 11.5 Å². The van der Waals surface area contributed by atoms with Crippen molar-refractivity contribution in [2.75, 3.05) is 39.5 Å². The van der Waals surface area contributed by atoms with E-state index in [1.165, 1.54) is 0 Å². The Morgan fingerprint density at radius 2 is 1.97 bits per heavy atom. The highest BCUT2D eigenvalue weighted by Gasteiger charge is 2.33. The molecule has 1 atom stereocenters. The van der Waals surface area contributed by atoms with Gasteiger partial charge in [0.05, 0.1) is 26.1 Å². The standard InChI is InChI=1S/C24H28ClN3O4/c25-21-4-2-6-23(14-21)32-18-24(29)16-28(9-11-30-17-24)15-20-3-1-5-22(13-20)31-12-10-27-8-7-26-19-27/h1-8,13-14,19,29H,9-12,15-18H2/t24-/m1/s1. The van der Waals surface area contributed by atoms with Crippen LogP contribution in [0.1, 0.15) is 5.56 Å². The lowest BCUT2D eigenvalue weighted by atomic mass is 10.1. The third-order valence-electron chi connectivity index (χ3n) is 5.23. The summed E-state index contributed by atoms with van der Waals surface area (Å²) in [5.74, 6) is 1.45. The predicted molar refractivity (Wildman–Crippen MR) is 122 cm³/mol. The lowest BCUT2D eigenvalue weighted by molar-refractivity contribution is -0.0646. The van der Waals surface area contributed by atoms with Crippen molar-refractivity contribution in [3.63, 3.8) is 0 Å². The maximum absolute atomic E-state index is 11.1. The zero-order valence-electron chi connectivity index (χ0n) is 17.9. The molecule has 1 aliphatic heterocycles. The molecule has 1 aliphatic rings. The molecule has 2 aromatic carbocycles.